The number of hydrogen-bond donors (Lipinski definition) is 1. The number of nitrogens with one attached hydrogen (secondary N) is 1. The van der Waals surface area contributed by atoms with Crippen LogP contribution >= 0.6 is 0 Å². The number of carbonyl (C=O) groups is 1. The molecule has 2 heterocycles. The number of aromatic nitrogens is 3. The molecule has 1 amide bonds. The van der Waals surface area contributed by atoms with Crippen LogP contribution in [0, 0.1) is 6.92 Å². The van der Waals surface area contributed by atoms with Crippen molar-refractivity contribution in [3.63, 3.8) is 0 Å². The Labute approximate surface area is 144 Å². The quantitative estimate of drug-likeness (QED) is 0.932. The fraction of sp³-hybridized carbons (Fsp3) is 0.526. The summed E-state index contributed by atoms with van der Waals surface area (Å²) in [6.07, 6.45) is 3.82. The monoisotopic (exact) mass is 328 g/mol. The van der Waals surface area contributed by atoms with Crippen LogP contribution in [0.4, 0.5) is 5.82 Å². The molecule has 0 saturated heterocycles. The molecule has 2 aromatic rings. The van der Waals surface area contributed by atoms with Gasteiger partial charge in [-0.1, -0.05) is 20.8 Å². The van der Waals surface area contributed by atoms with E-state index >= 15 is 0 Å². The van der Waals surface area contributed by atoms with Crippen molar-refractivity contribution >= 4 is 11.7 Å². The molecule has 0 unspecified atom stereocenters. The minimum absolute atomic E-state index is 0.0461. The lowest BCUT2D eigenvalue weighted by Crippen LogP contribution is -2.27. The van der Waals surface area contributed by atoms with Crippen LogP contribution in [0.1, 0.15) is 58.4 Å². The minimum Gasteiger partial charge on any atom is -0.311 e. The highest BCUT2D eigenvalue weighted by Gasteiger charge is 2.25. The van der Waals surface area contributed by atoms with Crippen molar-refractivity contribution in [3.05, 3.63) is 41.3 Å². The minimum atomic E-state index is -0.210. The molecular weight excluding hydrogens is 300 g/mol. The second kappa shape index (κ2) is 6.38. The second-order valence-corrected chi connectivity index (χ2v) is 8.27. The molecule has 0 bridgehead atoms. The number of amides is 1. The molecular formula is C19H28N4O. The number of aryl methyl sites for hydroxylation is 1. The van der Waals surface area contributed by atoms with Gasteiger partial charge in [-0.25, -0.2) is 4.68 Å². The maximum Gasteiger partial charge on any atom is 0.229 e. The zero-order chi connectivity index (χ0) is 18.1. The lowest BCUT2D eigenvalue weighted by molar-refractivity contribution is -0.115. The molecule has 0 spiro atoms. The molecule has 2 aromatic heterocycles. The van der Waals surface area contributed by atoms with Crippen LogP contribution in [-0.2, 0) is 22.2 Å². The summed E-state index contributed by atoms with van der Waals surface area (Å²) in [7, 11) is 0. The van der Waals surface area contributed by atoms with Gasteiger partial charge in [0, 0.05) is 23.9 Å². The average molecular weight is 328 g/mol. The number of hydrogen-bond acceptors (Lipinski definition) is 3. The summed E-state index contributed by atoms with van der Waals surface area (Å²) in [5.41, 5.74) is 2.69. The van der Waals surface area contributed by atoms with Crippen molar-refractivity contribution in [1.29, 1.82) is 0 Å². The summed E-state index contributed by atoms with van der Waals surface area (Å²) in [5, 5.41) is 7.75. The van der Waals surface area contributed by atoms with Crippen LogP contribution < -0.4 is 5.32 Å². The highest BCUT2D eigenvalue weighted by Crippen LogP contribution is 2.28. The van der Waals surface area contributed by atoms with E-state index in [-0.39, 0.29) is 16.9 Å². The van der Waals surface area contributed by atoms with E-state index in [9.17, 15) is 4.79 Å². The number of pyridine rings is 1. The number of rotatable bonds is 3. The number of nitrogens with zero attached hydrogens (tertiary/aromatic N) is 3. The Morgan fingerprint density at radius 2 is 1.88 bits per heavy atom. The zero-order valence-corrected chi connectivity index (χ0v) is 15.8. The molecule has 2 rings (SSSR count). The van der Waals surface area contributed by atoms with Gasteiger partial charge in [-0.15, -0.1) is 0 Å². The Morgan fingerprint density at radius 3 is 2.42 bits per heavy atom. The third-order valence-electron chi connectivity index (χ3n) is 3.87. The number of carbonyl (C=O) groups excluding carboxylic acids is 1. The lowest BCUT2D eigenvalue weighted by atomic mass is 9.92. The van der Waals surface area contributed by atoms with E-state index in [0.717, 1.165) is 22.6 Å². The fourth-order valence-electron chi connectivity index (χ4n) is 2.41. The Bertz CT molecular complexity index is 733. The molecule has 5 heteroatoms. The molecule has 0 aliphatic heterocycles. The van der Waals surface area contributed by atoms with Crippen molar-refractivity contribution in [3.8, 4) is 0 Å². The van der Waals surface area contributed by atoms with E-state index in [1.807, 2.05) is 23.7 Å². The summed E-state index contributed by atoms with van der Waals surface area (Å²) in [5.74, 6) is 0.694. The first-order chi connectivity index (χ1) is 11.0. The van der Waals surface area contributed by atoms with Crippen molar-refractivity contribution in [2.24, 2.45) is 0 Å². The van der Waals surface area contributed by atoms with Gasteiger partial charge in [-0.05, 0) is 44.9 Å². The highest BCUT2D eigenvalue weighted by atomic mass is 16.1. The summed E-state index contributed by atoms with van der Waals surface area (Å²) in [6.45, 7) is 14.6. The summed E-state index contributed by atoms with van der Waals surface area (Å²) >= 11 is 0. The van der Waals surface area contributed by atoms with Crippen molar-refractivity contribution in [2.75, 3.05) is 5.32 Å². The van der Waals surface area contributed by atoms with Crippen LogP contribution in [-0.4, -0.2) is 20.7 Å². The summed E-state index contributed by atoms with van der Waals surface area (Å²) < 4.78 is 1.89. The van der Waals surface area contributed by atoms with Crippen molar-refractivity contribution in [1.82, 2.24) is 14.8 Å². The van der Waals surface area contributed by atoms with Gasteiger partial charge < -0.3 is 5.32 Å². The molecule has 5 nitrogen and oxygen atoms in total. The van der Waals surface area contributed by atoms with Gasteiger partial charge >= 0.3 is 0 Å². The van der Waals surface area contributed by atoms with Gasteiger partial charge in [0.25, 0.3) is 0 Å². The van der Waals surface area contributed by atoms with Crippen LogP contribution in [0.15, 0.2) is 24.5 Å². The van der Waals surface area contributed by atoms with Gasteiger partial charge in [-0.2, -0.15) is 5.10 Å². The zero-order valence-electron chi connectivity index (χ0n) is 15.8. The number of anilines is 1. The topological polar surface area (TPSA) is 59.8 Å². The van der Waals surface area contributed by atoms with E-state index in [1.165, 1.54) is 0 Å². The predicted octanol–water partition coefficient (Wildman–Crippen LogP) is 3.82. The predicted molar refractivity (Wildman–Crippen MR) is 97.2 cm³/mol. The second-order valence-electron chi connectivity index (χ2n) is 8.27. The Hall–Kier alpha value is -2.17. The average Bonchev–Trinajstić information content (AvgIpc) is 2.85. The molecule has 0 aromatic carbocycles. The van der Waals surface area contributed by atoms with Gasteiger partial charge in [0.15, 0.2) is 0 Å². The molecule has 0 aliphatic carbocycles. The molecule has 1 N–H and O–H groups in total. The van der Waals surface area contributed by atoms with Crippen molar-refractivity contribution < 1.29 is 4.79 Å². The third-order valence-corrected chi connectivity index (χ3v) is 3.87. The smallest absolute Gasteiger partial charge is 0.229 e. The van der Waals surface area contributed by atoms with Gasteiger partial charge in [-0.3, -0.25) is 9.78 Å². The van der Waals surface area contributed by atoms with Crippen LogP contribution in [0.2, 0.25) is 0 Å². The van der Waals surface area contributed by atoms with Crippen LogP contribution in [0.3, 0.4) is 0 Å². The fourth-order valence-corrected chi connectivity index (χ4v) is 2.41. The van der Waals surface area contributed by atoms with Crippen LogP contribution in [0.25, 0.3) is 0 Å². The molecule has 0 radical (unpaired) electrons. The van der Waals surface area contributed by atoms with Gasteiger partial charge in [0.2, 0.25) is 5.91 Å². The SMILES string of the molecule is Cc1cnccc1CC(=O)Nc1cc(C(C)(C)C)nn1C(C)(C)C. The molecule has 0 aliphatic rings. The third kappa shape index (κ3) is 4.22. The highest BCUT2D eigenvalue weighted by molar-refractivity contribution is 5.91. The summed E-state index contributed by atoms with van der Waals surface area (Å²) in [4.78, 5) is 16.6. The first-order valence-electron chi connectivity index (χ1n) is 8.29. The van der Waals surface area contributed by atoms with E-state index in [2.05, 4.69) is 51.8 Å². The molecule has 0 fully saturated rings. The normalized spacial score (nSPS) is 12.3. The van der Waals surface area contributed by atoms with Crippen LogP contribution in [0.5, 0.6) is 0 Å². The maximum absolute atomic E-state index is 12.5. The molecule has 24 heavy (non-hydrogen) atoms. The van der Waals surface area contributed by atoms with Gasteiger partial charge in [0.1, 0.15) is 5.82 Å². The Balaban J connectivity index is 2.27. The van der Waals surface area contributed by atoms with Gasteiger partial charge in [0.05, 0.1) is 17.7 Å². The standard InChI is InChI=1S/C19H28N4O/c1-13-12-20-9-8-14(13)10-17(24)21-16-11-15(18(2,3)4)22-23(16)19(5,6)7/h8-9,11-12H,10H2,1-7H3,(H,21,24). The van der Waals surface area contributed by atoms with E-state index in [0.29, 0.717) is 6.42 Å². The lowest BCUT2D eigenvalue weighted by Gasteiger charge is -2.23. The molecule has 0 saturated carbocycles. The first kappa shape index (κ1) is 18.2. The summed E-state index contributed by atoms with van der Waals surface area (Å²) in [6, 6.07) is 3.86. The van der Waals surface area contributed by atoms with E-state index < -0.39 is 0 Å². The molecule has 0 atom stereocenters. The largest absolute Gasteiger partial charge is 0.311 e. The Morgan fingerprint density at radius 1 is 1.21 bits per heavy atom. The van der Waals surface area contributed by atoms with E-state index in [1.54, 1.807) is 12.4 Å². The Kier molecular flexibility index (Phi) is 4.83. The van der Waals surface area contributed by atoms with Crippen molar-refractivity contribution in [2.45, 2.75) is 65.8 Å². The first-order valence-corrected chi connectivity index (χ1v) is 8.29. The van der Waals surface area contributed by atoms with E-state index in [4.69, 9.17) is 5.10 Å². The molecule has 130 valence electrons. The maximum atomic E-state index is 12.5.